The van der Waals surface area contributed by atoms with Crippen LogP contribution in [-0.4, -0.2) is 96.7 Å². The Morgan fingerprint density at radius 3 is 0.755 bits per heavy atom. The van der Waals surface area contributed by atoms with Crippen molar-refractivity contribution in [3.8, 4) is 0 Å². The van der Waals surface area contributed by atoms with Gasteiger partial charge in [0.2, 0.25) is 0 Å². The Bertz CT molecular complexity index is 2580. The van der Waals surface area contributed by atoms with Gasteiger partial charge in [0, 0.05) is 25.7 Å². The maximum absolute atomic E-state index is 13.1. The number of phosphoric ester groups is 2. The van der Waals surface area contributed by atoms with Crippen LogP contribution in [0.1, 0.15) is 323 Å². The molecule has 0 heterocycles. The fourth-order valence-electron chi connectivity index (χ4n) is 10.6. The summed E-state index contributed by atoms with van der Waals surface area (Å²) in [6.07, 6.45) is 89.5. The summed E-state index contributed by atoms with van der Waals surface area (Å²) in [5.41, 5.74) is 0. The van der Waals surface area contributed by atoms with Crippen molar-refractivity contribution in [3.05, 3.63) is 146 Å². The summed E-state index contributed by atoms with van der Waals surface area (Å²) in [7, 11) is -9.99. The fraction of sp³-hybridized carbons (Fsp3) is 0.678. The van der Waals surface area contributed by atoms with Crippen LogP contribution in [0.15, 0.2) is 146 Å². The van der Waals surface area contributed by atoms with Crippen LogP contribution in [-0.2, 0) is 65.4 Å². The predicted molar refractivity (Wildman–Crippen MR) is 436 cm³/mol. The summed E-state index contributed by atoms with van der Waals surface area (Å²) in [4.78, 5) is 73.2. The minimum absolute atomic E-state index is 0.0697. The lowest BCUT2D eigenvalue weighted by Gasteiger charge is -2.21. The standard InChI is InChI=1S/C87H146O17P2/c1-5-9-13-17-21-25-29-33-37-40-44-47-51-55-59-63-67-71-84(89)97-77-82(103-86(91)73-69-65-61-57-53-49-43-36-32-28-24-20-16-12-8-4)79-101-105(93,94)99-75-81(88)76-100-106(95,96)102-80-83(104-87(92)74-70-66-62-58-54-50-46-42-39-35-31-27-23-19-15-11-7-3)78-98-85(90)72-68-64-60-56-52-48-45-41-38-34-30-26-22-18-14-10-6-2/h9-11,13-15,21-28,33-39,43-44,47,81-83,88H,5-8,12,16-20,29-32,40-42,45-46,48-80H2,1-4H3,(H,93,94)(H,95,96)/b13-9-,14-10-,15-11-,25-21-,26-22-,27-23-,28-24-,37-33-,38-34-,39-35-,43-36-,47-44-. The molecule has 0 saturated heterocycles. The van der Waals surface area contributed by atoms with Crippen LogP contribution in [0, 0.1) is 0 Å². The molecule has 0 saturated carbocycles. The van der Waals surface area contributed by atoms with Crippen molar-refractivity contribution in [1.82, 2.24) is 0 Å². The second-order valence-electron chi connectivity index (χ2n) is 26.9. The lowest BCUT2D eigenvalue weighted by Crippen LogP contribution is -2.30. The number of allylic oxidation sites excluding steroid dienone is 24. The molecule has 5 atom stereocenters. The molecule has 0 rings (SSSR count). The molecule has 106 heavy (non-hydrogen) atoms. The quantitative estimate of drug-likeness (QED) is 0.0169. The zero-order chi connectivity index (χ0) is 77.4. The smallest absolute Gasteiger partial charge is 0.462 e. The van der Waals surface area contributed by atoms with Crippen LogP contribution in [0.4, 0.5) is 0 Å². The van der Waals surface area contributed by atoms with Crippen molar-refractivity contribution in [3.63, 3.8) is 0 Å². The van der Waals surface area contributed by atoms with E-state index in [-0.39, 0.29) is 25.7 Å². The van der Waals surface area contributed by atoms with Crippen molar-refractivity contribution in [1.29, 1.82) is 0 Å². The van der Waals surface area contributed by atoms with Crippen LogP contribution >= 0.6 is 15.6 Å². The van der Waals surface area contributed by atoms with E-state index in [1.54, 1.807) is 0 Å². The summed E-state index contributed by atoms with van der Waals surface area (Å²) < 4.78 is 68.7. The molecule has 0 spiro atoms. The third-order valence-corrected chi connectivity index (χ3v) is 18.7. The molecule has 0 amide bonds. The number of carbonyl (C=O) groups excluding carboxylic acids is 4. The molecule has 0 radical (unpaired) electrons. The number of carbonyl (C=O) groups is 4. The highest BCUT2D eigenvalue weighted by Gasteiger charge is 2.30. The first-order chi connectivity index (χ1) is 51.7. The first-order valence-electron chi connectivity index (χ1n) is 41.1. The lowest BCUT2D eigenvalue weighted by atomic mass is 10.1. The van der Waals surface area contributed by atoms with Gasteiger partial charge < -0.3 is 33.8 Å². The molecule has 0 fully saturated rings. The maximum Gasteiger partial charge on any atom is 0.472 e. The molecule has 0 aliphatic carbocycles. The van der Waals surface area contributed by atoms with Crippen LogP contribution in [0.3, 0.4) is 0 Å². The van der Waals surface area contributed by atoms with Crippen LogP contribution in [0.2, 0.25) is 0 Å². The van der Waals surface area contributed by atoms with Gasteiger partial charge in [-0.15, -0.1) is 0 Å². The average molecular weight is 1530 g/mol. The van der Waals surface area contributed by atoms with Gasteiger partial charge in [-0.25, -0.2) is 9.13 Å². The molecule has 17 nitrogen and oxygen atoms in total. The molecule has 5 unspecified atom stereocenters. The van der Waals surface area contributed by atoms with E-state index in [0.717, 1.165) is 225 Å². The van der Waals surface area contributed by atoms with Crippen LogP contribution in [0.5, 0.6) is 0 Å². The summed E-state index contributed by atoms with van der Waals surface area (Å²) in [5, 5.41) is 10.7. The molecule has 3 N–H and O–H groups in total. The third kappa shape index (κ3) is 77.1. The van der Waals surface area contributed by atoms with Crippen molar-refractivity contribution in [2.75, 3.05) is 39.6 Å². The molecule has 606 valence electrons. The number of esters is 4. The van der Waals surface area contributed by atoms with Gasteiger partial charge in [0.25, 0.3) is 0 Å². The molecule has 19 heteroatoms. The SMILES string of the molecule is CC/C=C\C/C=C\C/C=C\C/C=C\CCCCCCC(=O)OCC(COP(=O)(O)OCC(O)COP(=O)(O)OCC(COC(=O)CCCCCCCCC/C=C\C/C=C\C/C=C\CC)OC(=O)CCCCCCCCC/C=C\C/C=C\C/C=C\CC)OC(=O)CCCCCCC/C=C\C/C=C\CCCCC. The molecular formula is C87H146O17P2. The Kier molecular flexibility index (Phi) is 74.3. The predicted octanol–water partition coefficient (Wildman–Crippen LogP) is 24.2. The zero-order valence-electron chi connectivity index (χ0n) is 66.3. The van der Waals surface area contributed by atoms with E-state index in [9.17, 15) is 43.2 Å². The van der Waals surface area contributed by atoms with E-state index in [1.807, 2.05) is 0 Å². The highest BCUT2D eigenvalue weighted by atomic mass is 31.2. The summed E-state index contributed by atoms with van der Waals surface area (Å²) in [6, 6.07) is 0. The highest BCUT2D eigenvalue weighted by Crippen LogP contribution is 2.45. The number of unbranched alkanes of at least 4 members (excludes halogenated alkanes) is 26. The normalized spacial score (nSPS) is 14.6. The van der Waals surface area contributed by atoms with Crippen LogP contribution in [0.25, 0.3) is 0 Å². The molecule has 0 aromatic carbocycles. The second kappa shape index (κ2) is 78.1. The monoisotopic (exact) mass is 1530 g/mol. The Labute approximate surface area is 643 Å². The topological polar surface area (TPSA) is 237 Å². The minimum Gasteiger partial charge on any atom is -0.462 e. The number of ether oxygens (including phenoxy) is 4. The van der Waals surface area contributed by atoms with Gasteiger partial charge in [-0.3, -0.25) is 37.3 Å². The Balaban J connectivity index is 5.42. The van der Waals surface area contributed by atoms with Gasteiger partial charge in [0.1, 0.15) is 19.3 Å². The van der Waals surface area contributed by atoms with Crippen molar-refractivity contribution in [2.24, 2.45) is 0 Å². The van der Waals surface area contributed by atoms with Crippen LogP contribution < -0.4 is 0 Å². The first kappa shape index (κ1) is 101. The van der Waals surface area contributed by atoms with E-state index in [4.69, 9.17) is 37.0 Å². The van der Waals surface area contributed by atoms with Gasteiger partial charge in [-0.2, -0.15) is 0 Å². The Hall–Kier alpha value is -5.06. The van der Waals surface area contributed by atoms with Gasteiger partial charge >= 0.3 is 39.5 Å². The Morgan fingerprint density at radius 1 is 0.274 bits per heavy atom. The van der Waals surface area contributed by atoms with E-state index < -0.39 is 97.5 Å². The van der Waals surface area contributed by atoms with E-state index >= 15 is 0 Å². The molecule has 0 aromatic rings. The number of aliphatic hydroxyl groups excluding tert-OH is 1. The maximum atomic E-state index is 13.1. The Morgan fingerprint density at radius 2 is 0.491 bits per heavy atom. The van der Waals surface area contributed by atoms with Gasteiger partial charge in [-0.05, 0) is 161 Å². The molecule has 0 bridgehead atoms. The molecule has 0 aromatic heterocycles. The molecular weight excluding hydrogens is 1380 g/mol. The van der Waals surface area contributed by atoms with Gasteiger partial charge in [0.05, 0.1) is 26.4 Å². The third-order valence-electron chi connectivity index (χ3n) is 16.8. The number of hydrogen-bond acceptors (Lipinski definition) is 15. The van der Waals surface area contributed by atoms with Crippen molar-refractivity contribution >= 4 is 39.5 Å². The lowest BCUT2D eigenvalue weighted by molar-refractivity contribution is -0.161. The fourth-order valence-corrected chi connectivity index (χ4v) is 12.2. The molecule has 0 aliphatic heterocycles. The van der Waals surface area contributed by atoms with Gasteiger partial charge in [0.15, 0.2) is 12.2 Å². The highest BCUT2D eigenvalue weighted by molar-refractivity contribution is 7.47. The van der Waals surface area contributed by atoms with E-state index in [2.05, 4.69) is 174 Å². The zero-order valence-corrected chi connectivity index (χ0v) is 68.1. The van der Waals surface area contributed by atoms with Crippen molar-refractivity contribution < 1.29 is 80.2 Å². The number of aliphatic hydroxyl groups is 1. The van der Waals surface area contributed by atoms with E-state index in [1.165, 1.54) is 19.3 Å². The van der Waals surface area contributed by atoms with Crippen molar-refractivity contribution in [2.45, 2.75) is 341 Å². The minimum atomic E-state index is -4.99. The number of hydrogen-bond donors (Lipinski definition) is 3. The van der Waals surface area contributed by atoms with Gasteiger partial charge in [-0.1, -0.05) is 283 Å². The second-order valence-corrected chi connectivity index (χ2v) is 29.8. The van der Waals surface area contributed by atoms with E-state index in [0.29, 0.717) is 25.7 Å². The largest absolute Gasteiger partial charge is 0.472 e. The molecule has 0 aliphatic rings. The summed E-state index contributed by atoms with van der Waals surface area (Å²) in [5.74, 6) is -2.24. The number of phosphoric acid groups is 2. The first-order valence-corrected chi connectivity index (χ1v) is 44.1. The number of rotatable bonds is 76. The summed E-state index contributed by atoms with van der Waals surface area (Å²) >= 11 is 0. The summed E-state index contributed by atoms with van der Waals surface area (Å²) in [6.45, 7) is 4.47. The average Bonchev–Trinajstić information content (AvgIpc) is 0.901.